The molecule has 6 heteroatoms. The molecule has 5 nitrogen and oxygen atoms in total. The lowest BCUT2D eigenvalue weighted by Crippen LogP contribution is -2.24. The Labute approximate surface area is 129 Å². The van der Waals surface area contributed by atoms with Crippen molar-refractivity contribution >= 4 is 17.7 Å². The van der Waals surface area contributed by atoms with Crippen LogP contribution in [-0.4, -0.2) is 33.0 Å². The fraction of sp³-hybridized carbons (Fsp3) is 0.400. The normalized spacial score (nSPS) is 10.9. The van der Waals surface area contributed by atoms with Crippen LogP contribution in [0.4, 0.5) is 0 Å². The summed E-state index contributed by atoms with van der Waals surface area (Å²) in [5.74, 6) is 1.50. The molecule has 2 aromatic rings. The highest BCUT2D eigenvalue weighted by molar-refractivity contribution is 7.99. The molecular formula is C15H20N4OS. The summed E-state index contributed by atoms with van der Waals surface area (Å²) in [5, 5.41) is 7.92. The van der Waals surface area contributed by atoms with Crippen molar-refractivity contribution in [1.29, 1.82) is 0 Å². The maximum Gasteiger partial charge on any atom is 0.230 e. The topological polar surface area (TPSA) is 59.8 Å². The van der Waals surface area contributed by atoms with Crippen LogP contribution in [0.1, 0.15) is 32.5 Å². The zero-order chi connectivity index (χ0) is 15.2. The lowest BCUT2D eigenvalue weighted by Gasteiger charge is -2.07. The van der Waals surface area contributed by atoms with E-state index in [-0.39, 0.29) is 11.8 Å². The van der Waals surface area contributed by atoms with Gasteiger partial charge in [-0.05, 0) is 19.1 Å². The molecule has 0 bridgehead atoms. The van der Waals surface area contributed by atoms with Gasteiger partial charge in [0.05, 0.1) is 11.4 Å². The summed E-state index contributed by atoms with van der Waals surface area (Å²) in [4.78, 5) is 16.1. The van der Waals surface area contributed by atoms with Gasteiger partial charge in [0.15, 0.2) is 0 Å². The number of para-hydroxylation sites is 1. The average molecular weight is 304 g/mol. The quantitative estimate of drug-likeness (QED) is 0.833. The molecule has 0 aliphatic carbocycles. The molecule has 1 amide bonds. The van der Waals surface area contributed by atoms with E-state index in [0.29, 0.717) is 17.5 Å². The van der Waals surface area contributed by atoms with E-state index in [1.807, 2.05) is 41.9 Å². The minimum Gasteiger partial charge on any atom is -0.356 e. The van der Waals surface area contributed by atoms with E-state index in [2.05, 4.69) is 29.2 Å². The van der Waals surface area contributed by atoms with Gasteiger partial charge in [0, 0.05) is 12.5 Å². The molecule has 1 aromatic carbocycles. The first kappa shape index (κ1) is 15.6. The number of hydrogen-bond acceptors (Lipinski definition) is 4. The lowest BCUT2D eigenvalue weighted by atomic mass is 10.2. The molecule has 2 rings (SSSR count). The van der Waals surface area contributed by atoms with E-state index < -0.39 is 0 Å². The van der Waals surface area contributed by atoms with Gasteiger partial charge in [-0.2, -0.15) is 0 Å². The summed E-state index contributed by atoms with van der Waals surface area (Å²) in [5.41, 5.74) is 0.985. The molecule has 0 aliphatic rings. The number of nitrogens with one attached hydrogen (secondary N) is 1. The minimum atomic E-state index is 0.00431. The molecule has 0 unspecified atom stereocenters. The molecule has 1 N–H and O–H groups in total. The van der Waals surface area contributed by atoms with Gasteiger partial charge in [-0.3, -0.25) is 4.79 Å². The van der Waals surface area contributed by atoms with Gasteiger partial charge < -0.3 is 5.32 Å². The summed E-state index contributed by atoms with van der Waals surface area (Å²) in [6.45, 7) is 6.72. The number of carbonyl (C=O) groups is 1. The van der Waals surface area contributed by atoms with Crippen LogP contribution < -0.4 is 5.32 Å². The lowest BCUT2D eigenvalue weighted by molar-refractivity contribution is -0.118. The van der Waals surface area contributed by atoms with Gasteiger partial charge in [-0.15, -0.1) is 5.10 Å². The van der Waals surface area contributed by atoms with Crippen molar-refractivity contribution in [3.63, 3.8) is 0 Å². The minimum absolute atomic E-state index is 0.00431. The fourth-order valence-electron chi connectivity index (χ4n) is 1.88. The van der Waals surface area contributed by atoms with E-state index in [9.17, 15) is 4.79 Å². The highest BCUT2D eigenvalue weighted by atomic mass is 32.2. The number of nitrogens with zero attached hydrogens (tertiary/aromatic N) is 3. The predicted molar refractivity (Wildman–Crippen MR) is 84.9 cm³/mol. The number of rotatable bonds is 6. The molecule has 0 spiro atoms. The highest BCUT2D eigenvalue weighted by Gasteiger charge is 2.15. The van der Waals surface area contributed by atoms with E-state index in [0.717, 1.165) is 11.5 Å². The number of amides is 1. The Morgan fingerprint density at radius 3 is 2.67 bits per heavy atom. The highest BCUT2D eigenvalue weighted by Crippen LogP contribution is 2.21. The number of aromatic nitrogens is 3. The third-order valence-corrected chi connectivity index (χ3v) is 3.67. The Hall–Kier alpha value is -1.82. The van der Waals surface area contributed by atoms with E-state index in [1.54, 1.807) is 0 Å². The van der Waals surface area contributed by atoms with Crippen LogP contribution in [-0.2, 0) is 4.79 Å². The van der Waals surface area contributed by atoms with Gasteiger partial charge in [0.2, 0.25) is 11.1 Å². The van der Waals surface area contributed by atoms with Crippen molar-refractivity contribution in [2.24, 2.45) is 0 Å². The second-order valence-electron chi connectivity index (χ2n) is 4.90. The van der Waals surface area contributed by atoms with Gasteiger partial charge in [-0.1, -0.05) is 43.8 Å². The largest absolute Gasteiger partial charge is 0.356 e. The molecule has 0 aliphatic heterocycles. The summed E-state index contributed by atoms with van der Waals surface area (Å²) in [6, 6.07) is 9.92. The Bertz CT molecular complexity index is 595. The molecule has 0 atom stereocenters. The van der Waals surface area contributed by atoms with Crippen molar-refractivity contribution in [3.8, 4) is 5.69 Å². The van der Waals surface area contributed by atoms with Crippen LogP contribution in [0.3, 0.4) is 0 Å². The third-order valence-electron chi connectivity index (χ3n) is 2.84. The summed E-state index contributed by atoms with van der Waals surface area (Å²) >= 11 is 1.36. The first-order chi connectivity index (χ1) is 10.1. The monoisotopic (exact) mass is 304 g/mol. The second-order valence-corrected chi connectivity index (χ2v) is 5.84. The summed E-state index contributed by atoms with van der Waals surface area (Å²) < 4.78 is 1.85. The maximum atomic E-state index is 11.5. The SMILES string of the molecule is CCNC(=O)CSc1nc(C(C)C)n(-c2ccccc2)n1. The van der Waals surface area contributed by atoms with Crippen LogP contribution in [0.2, 0.25) is 0 Å². The van der Waals surface area contributed by atoms with Crippen molar-refractivity contribution in [1.82, 2.24) is 20.1 Å². The molecule has 21 heavy (non-hydrogen) atoms. The van der Waals surface area contributed by atoms with Crippen molar-refractivity contribution in [2.75, 3.05) is 12.3 Å². The van der Waals surface area contributed by atoms with Crippen LogP contribution in [0.25, 0.3) is 5.69 Å². The maximum absolute atomic E-state index is 11.5. The second kappa shape index (κ2) is 7.26. The first-order valence-electron chi connectivity index (χ1n) is 7.03. The average Bonchev–Trinajstić information content (AvgIpc) is 2.91. The number of hydrogen-bond donors (Lipinski definition) is 1. The summed E-state index contributed by atoms with van der Waals surface area (Å²) in [6.07, 6.45) is 0. The van der Waals surface area contributed by atoms with Gasteiger partial charge in [0.25, 0.3) is 0 Å². The van der Waals surface area contributed by atoms with Crippen LogP contribution >= 0.6 is 11.8 Å². The Kier molecular flexibility index (Phi) is 5.38. The molecule has 1 heterocycles. The molecule has 1 aromatic heterocycles. The van der Waals surface area contributed by atoms with Crippen molar-refractivity contribution < 1.29 is 4.79 Å². The van der Waals surface area contributed by atoms with Gasteiger partial charge in [-0.25, -0.2) is 9.67 Å². The fourth-order valence-corrected chi connectivity index (χ4v) is 2.54. The number of thioether (sulfide) groups is 1. The number of carbonyl (C=O) groups excluding carboxylic acids is 1. The summed E-state index contributed by atoms with van der Waals surface area (Å²) in [7, 11) is 0. The third kappa shape index (κ3) is 4.07. The van der Waals surface area contributed by atoms with Crippen molar-refractivity contribution in [2.45, 2.75) is 31.8 Å². The Morgan fingerprint density at radius 2 is 2.05 bits per heavy atom. The Morgan fingerprint density at radius 1 is 1.33 bits per heavy atom. The Balaban J connectivity index is 2.20. The predicted octanol–water partition coefficient (Wildman–Crippen LogP) is 2.62. The molecule has 0 saturated carbocycles. The molecule has 112 valence electrons. The van der Waals surface area contributed by atoms with Crippen molar-refractivity contribution in [3.05, 3.63) is 36.2 Å². The van der Waals surface area contributed by atoms with Gasteiger partial charge in [0.1, 0.15) is 5.82 Å². The smallest absolute Gasteiger partial charge is 0.230 e. The molecule has 0 saturated heterocycles. The molecule has 0 radical (unpaired) electrons. The van der Waals surface area contributed by atoms with E-state index in [1.165, 1.54) is 11.8 Å². The number of benzene rings is 1. The van der Waals surface area contributed by atoms with Gasteiger partial charge >= 0.3 is 0 Å². The zero-order valence-electron chi connectivity index (χ0n) is 12.5. The van der Waals surface area contributed by atoms with Crippen LogP contribution in [0.5, 0.6) is 0 Å². The van der Waals surface area contributed by atoms with E-state index >= 15 is 0 Å². The van der Waals surface area contributed by atoms with Crippen LogP contribution in [0, 0.1) is 0 Å². The van der Waals surface area contributed by atoms with Crippen LogP contribution in [0.15, 0.2) is 35.5 Å². The first-order valence-corrected chi connectivity index (χ1v) is 8.02. The molecule has 0 fully saturated rings. The molecular weight excluding hydrogens is 284 g/mol. The van der Waals surface area contributed by atoms with E-state index in [4.69, 9.17) is 0 Å². The zero-order valence-corrected chi connectivity index (χ0v) is 13.4. The standard InChI is InChI=1S/C15H20N4OS/c1-4-16-13(20)10-21-15-17-14(11(2)3)19(18-15)12-8-6-5-7-9-12/h5-9,11H,4,10H2,1-3H3,(H,16,20).